The minimum atomic E-state index is 0.342. The van der Waals surface area contributed by atoms with Crippen molar-refractivity contribution in [1.82, 2.24) is 10.3 Å². The van der Waals surface area contributed by atoms with Crippen LogP contribution in [0.4, 0.5) is 0 Å². The number of nitrogens with one attached hydrogen (secondary N) is 1. The van der Waals surface area contributed by atoms with Crippen molar-refractivity contribution in [3.63, 3.8) is 0 Å². The molecule has 3 nitrogen and oxygen atoms in total. The molecule has 1 heterocycles. The summed E-state index contributed by atoms with van der Waals surface area (Å²) in [6.45, 7) is 2.98. The number of methoxy groups -OCH3 is 1. The van der Waals surface area contributed by atoms with E-state index in [4.69, 9.17) is 4.74 Å². The highest BCUT2D eigenvalue weighted by Gasteiger charge is 2.31. The number of rotatable bonds is 6. The highest BCUT2D eigenvalue weighted by atomic mass is 16.5. The van der Waals surface area contributed by atoms with Gasteiger partial charge in [-0.3, -0.25) is 4.98 Å². The van der Waals surface area contributed by atoms with E-state index in [2.05, 4.69) is 23.3 Å². The Morgan fingerprint density at radius 2 is 2.38 bits per heavy atom. The van der Waals surface area contributed by atoms with E-state index in [0.29, 0.717) is 12.1 Å². The summed E-state index contributed by atoms with van der Waals surface area (Å²) in [6, 6.07) is 4.92. The van der Waals surface area contributed by atoms with E-state index >= 15 is 0 Å². The van der Waals surface area contributed by atoms with Gasteiger partial charge in [0.2, 0.25) is 0 Å². The maximum atomic E-state index is 5.26. The molecule has 1 aliphatic rings. The van der Waals surface area contributed by atoms with E-state index in [1.54, 1.807) is 7.11 Å². The average molecular weight is 220 g/mol. The van der Waals surface area contributed by atoms with Gasteiger partial charge in [-0.25, -0.2) is 0 Å². The van der Waals surface area contributed by atoms with Gasteiger partial charge in [0, 0.05) is 31.6 Å². The van der Waals surface area contributed by atoms with Crippen LogP contribution in [0.1, 0.15) is 31.4 Å². The lowest BCUT2D eigenvalue weighted by atomic mass is 10.1. The quantitative estimate of drug-likeness (QED) is 0.797. The zero-order valence-corrected chi connectivity index (χ0v) is 10.0. The van der Waals surface area contributed by atoms with E-state index in [9.17, 15) is 0 Å². The molecule has 2 atom stereocenters. The van der Waals surface area contributed by atoms with Gasteiger partial charge in [-0.2, -0.15) is 0 Å². The molecule has 0 aliphatic heterocycles. The number of aromatic nitrogens is 1. The van der Waals surface area contributed by atoms with Gasteiger partial charge in [0.05, 0.1) is 6.61 Å². The number of hydrogen-bond acceptors (Lipinski definition) is 3. The van der Waals surface area contributed by atoms with Crippen LogP contribution in [-0.2, 0) is 4.74 Å². The first kappa shape index (κ1) is 11.6. The fourth-order valence-electron chi connectivity index (χ4n) is 2.05. The summed E-state index contributed by atoms with van der Waals surface area (Å²) in [4.78, 5) is 4.15. The van der Waals surface area contributed by atoms with Crippen LogP contribution >= 0.6 is 0 Å². The smallest absolute Gasteiger partial charge is 0.0618 e. The van der Waals surface area contributed by atoms with Crippen LogP contribution < -0.4 is 5.32 Å². The van der Waals surface area contributed by atoms with E-state index in [0.717, 1.165) is 12.5 Å². The molecule has 16 heavy (non-hydrogen) atoms. The zero-order chi connectivity index (χ0) is 11.4. The van der Waals surface area contributed by atoms with Gasteiger partial charge >= 0.3 is 0 Å². The van der Waals surface area contributed by atoms with Gasteiger partial charge in [-0.15, -0.1) is 0 Å². The van der Waals surface area contributed by atoms with E-state index < -0.39 is 0 Å². The lowest BCUT2D eigenvalue weighted by Crippen LogP contribution is -2.37. The standard InChI is InChI=1S/C13H20N2O/c1-10(12-4-3-7-14-8-12)15-13(9-16-2)11-5-6-11/h3-4,7-8,10-11,13,15H,5-6,9H2,1-2H3/t10-,13?/m1/s1. The Morgan fingerprint density at radius 1 is 1.56 bits per heavy atom. The Hall–Kier alpha value is -0.930. The highest BCUT2D eigenvalue weighted by molar-refractivity contribution is 5.13. The molecule has 3 heteroatoms. The zero-order valence-electron chi connectivity index (χ0n) is 10.0. The Morgan fingerprint density at radius 3 is 2.94 bits per heavy atom. The third kappa shape index (κ3) is 3.03. The number of pyridine rings is 1. The largest absolute Gasteiger partial charge is 0.383 e. The fraction of sp³-hybridized carbons (Fsp3) is 0.615. The van der Waals surface area contributed by atoms with Crippen molar-refractivity contribution in [3.8, 4) is 0 Å². The van der Waals surface area contributed by atoms with Gasteiger partial charge in [-0.1, -0.05) is 6.07 Å². The molecular formula is C13H20N2O. The van der Waals surface area contributed by atoms with Crippen molar-refractivity contribution < 1.29 is 4.74 Å². The van der Waals surface area contributed by atoms with E-state index in [-0.39, 0.29) is 0 Å². The maximum Gasteiger partial charge on any atom is 0.0618 e. The molecule has 1 aromatic rings. The van der Waals surface area contributed by atoms with Crippen molar-refractivity contribution in [2.45, 2.75) is 31.8 Å². The number of hydrogen-bond donors (Lipinski definition) is 1. The average Bonchev–Trinajstić information content (AvgIpc) is 3.13. The van der Waals surface area contributed by atoms with Crippen LogP contribution in [0, 0.1) is 5.92 Å². The fourth-order valence-corrected chi connectivity index (χ4v) is 2.05. The molecule has 1 aromatic heterocycles. The van der Waals surface area contributed by atoms with Crippen molar-refractivity contribution >= 4 is 0 Å². The molecule has 0 radical (unpaired) electrons. The molecule has 0 bridgehead atoms. The van der Waals surface area contributed by atoms with Crippen LogP contribution in [0.3, 0.4) is 0 Å². The summed E-state index contributed by atoms with van der Waals surface area (Å²) in [5.41, 5.74) is 1.24. The van der Waals surface area contributed by atoms with Crippen LogP contribution in [0.25, 0.3) is 0 Å². The van der Waals surface area contributed by atoms with Crippen LogP contribution in [0.2, 0.25) is 0 Å². The van der Waals surface area contributed by atoms with Gasteiger partial charge in [0.15, 0.2) is 0 Å². The third-order valence-electron chi connectivity index (χ3n) is 3.19. The first-order valence-electron chi connectivity index (χ1n) is 5.96. The molecule has 1 N–H and O–H groups in total. The molecule has 1 fully saturated rings. The molecule has 0 saturated heterocycles. The summed E-state index contributed by atoms with van der Waals surface area (Å²) < 4.78 is 5.26. The lowest BCUT2D eigenvalue weighted by molar-refractivity contribution is 0.152. The van der Waals surface area contributed by atoms with Gasteiger partial charge in [0.1, 0.15) is 0 Å². The molecule has 0 aromatic carbocycles. The molecule has 1 unspecified atom stereocenters. The van der Waals surface area contributed by atoms with Crippen LogP contribution in [0.5, 0.6) is 0 Å². The normalized spacial score (nSPS) is 19.4. The molecular weight excluding hydrogens is 200 g/mol. The van der Waals surface area contributed by atoms with Crippen molar-refractivity contribution in [2.75, 3.05) is 13.7 Å². The topological polar surface area (TPSA) is 34.1 Å². The first-order chi connectivity index (χ1) is 7.81. The number of ether oxygens (including phenoxy) is 1. The summed E-state index contributed by atoms with van der Waals surface area (Å²) >= 11 is 0. The minimum Gasteiger partial charge on any atom is -0.383 e. The Kier molecular flexibility index (Phi) is 3.91. The molecule has 0 amide bonds. The summed E-state index contributed by atoms with van der Waals surface area (Å²) in [6.07, 6.45) is 6.40. The molecule has 0 spiro atoms. The Balaban J connectivity index is 1.92. The Bertz CT molecular complexity index is 311. The summed E-state index contributed by atoms with van der Waals surface area (Å²) in [7, 11) is 1.77. The van der Waals surface area contributed by atoms with Gasteiger partial charge in [-0.05, 0) is 37.3 Å². The first-order valence-corrected chi connectivity index (χ1v) is 5.96. The van der Waals surface area contributed by atoms with Crippen molar-refractivity contribution in [1.29, 1.82) is 0 Å². The lowest BCUT2D eigenvalue weighted by Gasteiger charge is -2.22. The van der Waals surface area contributed by atoms with Crippen LogP contribution in [0.15, 0.2) is 24.5 Å². The molecule has 88 valence electrons. The minimum absolute atomic E-state index is 0.342. The second kappa shape index (κ2) is 5.41. The second-order valence-electron chi connectivity index (χ2n) is 4.57. The predicted octanol–water partition coefficient (Wildman–Crippen LogP) is 2.16. The predicted molar refractivity (Wildman–Crippen MR) is 64.2 cm³/mol. The highest BCUT2D eigenvalue weighted by Crippen LogP contribution is 2.33. The maximum absolute atomic E-state index is 5.26. The molecule has 1 saturated carbocycles. The summed E-state index contributed by atoms with van der Waals surface area (Å²) in [5.74, 6) is 0.805. The van der Waals surface area contributed by atoms with E-state index in [1.165, 1.54) is 18.4 Å². The van der Waals surface area contributed by atoms with Crippen LogP contribution in [-0.4, -0.2) is 24.7 Å². The molecule has 1 aliphatic carbocycles. The monoisotopic (exact) mass is 220 g/mol. The van der Waals surface area contributed by atoms with Crippen molar-refractivity contribution in [2.24, 2.45) is 5.92 Å². The van der Waals surface area contributed by atoms with Gasteiger partial charge in [0.25, 0.3) is 0 Å². The third-order valence-corrected chi connectivity index (χ3v) is 3.19. The SMILES string of the molecule is COCC(N[C@H](C)c1cccnc1)C1CC1. The van der Waals surface area contributed by atoms with Gasteiger partial charge < -0.3 is 10.1 Å². The second-order valence-corrected chi connectivity index (χ2v) is 4.57. The Labute approximate surface area is 97.2 Å². The number of nitrogens with zero attached hydrogens (tertiary/aromatic N) is 1. The summed E-state index contributed by atoms with van der Waals surface area (Å²) in [5, 5.41) is 3.63. The van der Waals surface area contributed by atoms with Crippen molar-refractivity contribution in [3.05, 3.63) is 30.1 Å². The van der Waals surface area contributed by atoms with E-state index in [1.807, 2.05) is 18.5 Å². The molecule has 2 rings (SSSR count).